The molecule has 134 valence electrons. The predicted molar refractivity (Wildman–Crippen MR) is 110 cm³/mol. The van der Waals surface area contributed by atoms with Gasteiger partial charge in [0.25, 0.3) is 0 Å². The Morgan fingerprint density at radius 1 is 0.846 bits per heavy atom. The minimum atomic E-state index is 0.854. The number of nitrogens with zero attached hydrogens (tertiary/aromatic N) is 2. The number of hydrogen-bond acceptors (Lipinski definition) is 3. The molecule has 26 heavy (non-hydrogen) atoms. The molecule has 0 aliphatic rings. The molecule has 0 saturated heterocycles. The molecule has 0 N–H and O–H groups in total. The Bertz CT molecular complexity index is 922. The largest absolute Gasteiger partial charge is 0.497 e. The highest BCUT2D eigenvalue weighted by Gasteiger charge is 2.15. The maximum atomic E-state index is 5.50. The van der Waals surface area contributed by atoms with Gasteiger partial charge < -0.3 is 9.64 Å². The maximum absolute atomic E-state index is 5.50. The van der Waals surface area contributed by atoms with Crippen LogP contribution in [-0.4, -0.2) is 26.2 Å². The Hall–Kier alpha value is -2.81. The number of aromatic nitrogens is 1. The summed E-state index contributed by atoms with van der Waals surface area (Å²) in [6, 6.07) is 14.8. The van der Waals surface area contributed by atoms with Crippen molar-refractivity contribution in [2.24, 2.45) is 0 Å². The number of ether oxygens (including phenoxy) is 1. The number of rotatable bonds is 4. The van der Waals surface area contributed by atoms with Gasteiger partial charge in [0.15, 0.2) is 0 Å². The van der Waals surface area contributed by atoms with E-state index in [1.54, 1.807) is 7.11 Å². The molecule has 0 aliphatic heterocycles. The van der Waals surface area contributed by atoms with Gasteiger partial charge in [0.05, 0.1) is 12.8 Å². The lowest BCUT2D eigenvalue weighted by atomic mass is 9.89. The van der Waals surface area contributed by atoms with Gasteiger partial charge in [-0.25, -0.2) is 0 Å². The van der Waals surface area contributed by atoms with Crippen LogP contribution in [0, 0.1) is 20.8 Å². The van der Waals surface area contributed by atoms with E-state index < -0.39 is 0 Å². The monoisotopic (exact) mass is 346 g/mol. The molecule has 0 atom stereocenters. The van der Waals surface area contributed by atoms with E-state index in [9.17, 15) is 0 Å². The first-order chi connectivity index (χ1) is 12.4. The second kappa shape index (κ2) is 7.20. The lowest BCUT2D eigenvalue weighted by Crippen LogP contribution is -2.08. The molecule has 0 unspecified atom stereocenters. The molecular formula is C23H26N2O. The highest BCUT2D eigenvalue weighted by Crippen LogP contribution is 2.38. The highest BCUT2D eigenvalue weighted by atomic mass is 16.5. The van der Waals surface area contributed by atoms with Gasteiger partial charge >= 0.3 is 0 Å². The molecule has 3 aromatic rings. The van der Waals surface area contributed by atoms with Crippen molar-refractivity contribution >= 4 is 5.69 Å². The highest BCUT2D eigenvalue weighted by molar-refractivity contribution is 5.86. The van der Waals surface area contributed by atoms with E-state index in [0.717, 1.165) is 28.3 Å². The molecule has 1 aromatic heterocycles. The van der Waals surface area contributed by atoms with Crippen LogP contribution in [0.3, 0.4) is 0 Å². The number of anilines is 1. The van der Waals surface area contributed by atoms with Crippen LogP contribution in [0.2, 0.25) is 0 Å². The molecule has 0 saturated carbocycles. The van der Waals surface area contributed by atoms with Crippen molar-refractivity contribution in [1.29, 1.82) is 0 Å². The number of methoxy groups -OCH3 is 1. The number of hydrogen-bond donors (Lipinski definition) is 0. The molecule has 0 spiro atoms. The van der Waals surface area contributed by atoms with Gasteiger partial charge in [-0.2, -0.15) is 0 Å². The van der Waals surface area contributed by atoms with Crippen molar-refractivity contribution in [2.45, 2.75) is 20.8 Å². The second-order valence-electron chi connectivity index (χ2n) is 6.98. The third kappa shape index (κ3) is 3.43. The zero-order valence-electron chi connectivity index (χ0n) is 16.4. The van der Waals surface area contributed by atoms with E-state index >= 15 is 0 Å². The van der Waals surface area contributed by atoms with Gasteiger partial charge in [0.1, 0.15) is 5.75 Å². The average molecular weight is 346 g/mol. The summed E-state index contributed by atoms with van der Waals surface area (Å²) in [6.45, 7) is 6.48. The van der Waals surface area contributed by atoms with E-state index in [-0.39, 0.29) is 0 Å². The Morgan fingerprint density at radius 2 is 1.54 bits per heavy atom. The standard InChI is InChI=1S/C23H26N2O/c1-15-11-16(2)23(17(3)12-15)21-14-19(26-6)7-8-20(21)22-13-18(25(4)5)9-10-24-22/h7-14H,1-6H3. The van der Waals surface area contributed by atoms with Crippen LogP contribution >= 0.6 is 0 Å². The van der Waals surface area contributed by atoms with Crippen LogP contribution in [0.15, 0.2) is 48.7 Å². The molecule has 3 heteroatoms. The quantitative estimate of drug-likeness (QED) is 0.631. The van der Waals surface area contributed by atoms with E-state index in [4.69, 9.17) is 4.74 Å². The molecule has 3 rings (SSSR count). The third-order valence-corrected chi connectivity index (χ3v) is 4.71. The normalized spacial score (nSPS) is 10.7. The summed E-state index contributed by atoms with van der Waals surface area (Å²) in [5, 5.41) is 0. The van der Waals surface area contributed by atoms with Crippen molar-refractivity contribution in [3.05, 3.63) is 65.4 Å². The third-order valence-electron chi connectivity index (χ3n) is 4.71. The van der Waals surface area contributed by atoms with Gasteiger partial charge in [-0.05, 0) is 73.4 Å². The minimum absolute atomic E-state index is 0.854. The molecule has 2 aromatic carbocycles. The van der Waals surface area contributed by atoms with Crippen molar-refractivity contribution in [1.82, 2.24) is 4.98 Å². The molecule has 0 bridgehead atoms. The molecule has 0 amide bonds. The predicted octanol–water partition coefficient (Wildman–Crippen LogP) is 5.42. The number of pyridine rings is 1. The van der Waals surface area contributed by atoms with Crippen LogP contribution in [0.4, 0.5) is 5.69 Å². The Labute approximate surface area is 156 Å². The van der Waals surface area contributed by atoms with Crippen molar-refractivity contribution in [3.63, 3.8) is 0 Å². The van der Waals surface area contributed by atoms with E-state index in [1.807, 2.05) is 32.4 Å². The number of aryl methyl sites for hydroxylation is 3. The molecular weight excluding hydrogens is 320 g/mol. The second-order valence-corrected chi connectivity index (χ2v) is 6.98. The molecule has 0 aliphatic carbocycles. The van der Waals surface area contributed by atoms with E-state index in [0.29, 0.717) is 0 Å². The fourth-order valence-corrected chi connectivity index (χ4v) is 3.53. The lowest BCUT2D eigenvalue weighted by Gasteiger charge is -2.18. The van der Waals surface area contributed by atoms with Gasteiger partial charge in [-0.3, -0.25) is 4.98 Å². The summed E-state index contributed by atoms with van der Waals surface area (Å²) in [4.78, 5) is 6.74. The minimum Gasteiger partial charge on any atom is -0.497 e. The first-order valence-corrected chi connectivity index (χ1v) is 8.80. The summed E-state index contributed by atoms with van der Waals surface area (Å²) in [7, 11) is 5.79. The van der Waals surface area contributed by atoms with Gasteiger partial charge in [0.2, 0.25) is 0 Å². The summed E-state index contributed by atoms with van der Waals surface area (Å²) < 4.78 is 5.50. The summed E-state index contributed by atoms with van der Waals surface area (Å²) in [6.07, 6.45) is 1.87. The summed E-state index contributed by atoms with van der Waals surface area (Å²) in [5.41, 5.74) is 9.43. The fraction of sp³-hybridized carbons (Fsp3) is 0.261. The maximum Gasteiger partial charge on any atom is 0.119 e. The van der Waals surface area contributed by atoms with Crippen LogP contribution in [0.5, 0.6) is 5.75 Å². The van der Waals surface area contributed by atoms with E-state index in [2.05, 4.69) is 61.0 Å². The van der Waals surface area contributed by atoms with Crippen molar-refractivity contribution in [3.8, 4) is 28.1 Å². The van der Waals surface area contributed by atoms with Crippen LogP contribution in [0.25, 0.3) is 22.4 Å². The molecule has 0 fully saturated rings. The fourth-order valence-electron chi connectivity index (χ4n) is 3.53. The average Bonchev–Trinajstić information content (AvgIpc) is 2.60. The summed E-state index contributed by atoms with van der Waals surface area (Å²) >= 11 is 0. The first-order valence-electron chi connectivity index (χ1n) is 8.80. The Morgan fingerprint density at radius 3 is 2.15 bits per heavy atom. The smallest absolute Gasteiger partial charge is 0.119 e. The van der Waals surface area contributed by atoms with E-state index in [1.165, 1.54) is 22.3 Å². The first kappa shape index (κ1) is 18.0. The summed E-state index contributed by atoms with van der Waals surface area (Å²) in [5.74, 6) is 0.854. The van der Waals surface area contributed by atoms with Crippen molar-refractivity contribution in [2.75, 3.05) is 26.1 Å². The topological polar surface area (TPSA) is 25.4 Å². The Balaban J connectivity index is 2.27. The Kier molecular flexibility index (Phi) is 4.99. The van der Waals surface area contributed by atoms with Crippen LogP contribution in [0.1, 0.15) is 16.7 Å². The zero-order chi connectivity index (χ0) is 18.8. The van der Waals surface area contributed by atoms with Crippen molar-refractivity contribution < 1.29 is 4.74 Å². The lowest BCUT2D eigenvalue weighted by molar-refractivity contribution is 0.415. The van der Waals surface area contributed by atoms with Gasteiger partial charge in [-0.1, -0.05) is 17.7 Å². The number of benzene rings is 2. The van der Waals surface area contributed by atoms with Crippen LogP contribution in [-0.2, 0) is 0 Å². The zero-order valence-corrected chi connectivity index (χ0v) is 16.4. The molecule has 0 radical (unpaired) electrons. The van der Waals surface area contributed by atoms with Gasteiger partial charge in [0, 0.05) is 31.5 Å². The molecule has 1 heterocycles. The molecule has 3 nitrogen and oxygen atoms in total. The van der Waals surface area contributed by atoms with Crippen LogP contribution < -0.4 is 9.64 Å². The SMILES string of the molecule is COc1ccc(-c2cc(N(C)C)ccn2)c(-c2c(C)cc(C)cc2C)c1. The van der Waals surface area contributed by atoms with Gasteiger partial charge in [-0.15, -0.1) is 0 Å².